The second-order valence-electron chi connectivity index (χ2n) is 12.6. The first-order valence-corrected chi connectivity index (χ1v) is 20.3. The van der Waals surface area contributed by atoms with E-state index in [0.29, 0.717) is 12.8 Å². The number of hydrogen-bond donors (Lipinski definition) is 3. The summed E-state index contributed by atoms with van der Waals surface area (Å²) in [6, 6.07) is 0. The van der Waals surface area contributed by atoms with Crippen molar-refractivity contribution in [1.82, 2.24) is 0 Å². The van der Waals surface area contributed by atoms with E-state index < -0.39 is 51.8 Å². The molecule has 10 nitrogen and oxygen atoms in total. The molecule has 3 N–H and O–H groups in total. The molecule has 48 heavy (non-hydrogen) atoms. The second kappa shape index (κ2) is 33.9. The molecule has 3 atom stereocenters. The molecule has 0 radical (unpaired) electrons. The van der Waals surface area contributed by atoms with Crippen molar-refractivity contribution in [1.29, 1.82) is 0 Å². The molecule has 0 bridgehead atoms. The summed E-state index contributed by atoms with van der Waals surface area (Å²) in [6.45, 7) is 2.27. The van der Waals surface area contributed by atoms with Crippen molar-refractivity contribution in [3.05, 3.63) is 24.3 Å². The van der Waals surface area contributed by atoms with Gasteiger partial charge in [0.05, 0.1) is 19.8 Å². The van der Waals surface area contributed by atoms with E-state index in [1.54, 1.807) is 0 Å². The van der Waals surface area contributed by atoms with Gasteiger partial charge in [0, 0.05) is 12.8 Å². The van der Waals surface area contributed by atoms with Crippen LogP contribution in [0.15, 0.2) is 24.3 Å². The third-order valence-electron chi connectivity index (χ3n) is 7.81. The molecule has 0 aliphatic carbocycles. The van der Waals surface area contributed by atoms with Crippen molar-refractivity contribution in [2.24, 2.45) is 0 Å². The summed E-state index contributed by atoms with van der Waals surface area (Å²) in [5.74, 6) is -0.948. The van der Waals surface area contributed by atoms with Gasteiger partial charge in [-0.1, -0.05) is 115 Å². The first-order chi connectivity index (χ1) is 23.2. The van der Waals surface area contributed by atoms with Gasteiger partial charge >= 0.3 is 19.8 Å². The van der Waals surface area contributed by atoms with E-state index in [9.17, 15) is 24.2 Å². The number of carbonyl (C=O) groups is 2. The summed E-state index contributed by atoms with van der Waals surface area (Å²) in [7, 11) is -4.61. The Hall–Kier alpha value is -1.55. The summed E-state index contributed by atoms with van der Waals surface area (Å²) >= 11 is 0. The van der Waals surface area contributed by atoms with Crippen molar-refractivity contribution in [2.75, 3.05) is 26.4 Å². The fourth-order valence-electron chi connectivity index (χ4n) is 4.87. The lowest BCUT2D eigenvalue weighted by Gasteiger charge is -2.20. The maximum atomic E-state index is 12.5. The van der Waals surface area contributed by atoms with Gasteiger partial charge in [-0.25, -0.2) is 4.57 Å². The van der Waals surface area contributed by atoms with Crippen molar-refractivity contribution in [3.63, 3.8) is 0 Å². The van der Waals surface area contributed by atoms with Crippen LogP contribution in [-0.4, -0.2) is 65.7 Å². The third kappa shape index (κ3) is 33.0. The largest absolute Gasteiger partial charge is 0.472 e. The Bertz CT molecular complexity index is 863. The van der Waals surface area contributed by atoms with Crippen LogP contribution in [0.1, 0.15) is 162 Å². The van der Waals surface area contributed by atoms with Crippen molar-refractivity contribution >= 4 is 19.8 Å². The molecule has 0 saturated carbocycles. The maximum absolute atomic E-state index is 12.5. The van der Waals surface area contributed by atoms with Crippen molar-refractivity contribution in [3.8, 4) is 0 Å². The number of aliphatic hydroxyl groups is 2. The number of esters is 2. The van der Waals surface area contributed by atoms with Crippen LogP contribution in [-0.2, 0) is 32.7 Å². The van der Waals surface area contributed by atoms with Crippen LogP contribution in [0.3, 0.4) is 0 Å². The highest BCUT2D eigenvalue weighted by atomic mass is 31.2. The fraction of sp³-hybridized carbons (Fsp3) is 0.838. The van der Waals surface area contributed by atoms with Gasteiger partial charge in [-0.3, -0.25) is 18.6 Å². The summed E-state index contributed by atoms with van der Waals surface area (Å²) < 4.78 is 32.5. The standard InChI is InChI=1S/C37H69O10P/c1-3-5-7-9-11-13-15-16-17-18-19-21-23-25-27-29-37(41)47-35(33-46-48(42,43)45-31-34(39)30-38)32-44-36(40)28-26-24-22-20-14-12-10-8-6-4-2/h8,10,16-17,34-35,38-39H,3-7,9,11-15,18-33H2,1-2H3,(H,42,43)/b10-8-,17-16-. The highest BCUT2D eigenvalue weighted by Crippen LogP contribution is 2.43. The van der Waals surface area contributed by atoms with Gasteiger partial charge in [0.2, 0.25) is 0 Å². The minimum atomic E-state index is -4.61. The van der Waals surface area contributed by atoms with Crippen LogP contribution in [0, 0.1) is 0 Å². The first-order valence-electron chi connectivity index (χ1n) is 18.8. The Kier molecular flexibility index (Phi) is 32.8. The van der Waals surface area contributed by atoms with Crippen LogP contribution in [0.4, 0.5) is 0 Å². The Labute approximate surface area is 291 Å². The number of rotatable bonds is 35. The van der Waals surface area contributed by atoms with Crippen LogP contribution in [0.2, 0.25) is 0 Å². The lowest BCUT2D eigenvalue weighted by molar-refractivity contribution is -0.161. The summed E-state index contributed by atoms with van der Waals surface area (Å²) in [5.41, 5.74) is 0. The number of hydrogen-bond acceptors (Lipinski definition) is 9. The Morgan fingerprint density at radius 1 is 0.604 bits per heavy atom. The topological polar surface area (TPSA) is 149 Å². The lowest BCUT2D eigenvalue weighted by Crippen LogP contribution is -2.29. The predicted molar refractivity (Wildman–Crippen MR) is 191 cm³/mol. The van der Waals surface area contributed by atoms with Crippen molar-refractivity contribution < 1.29 is 47.8 Å². The third-order valence-corrected chi connectivity index (χ3v) is 8.76. The Balaban J connectivity index is 4.38. The van der Waals surface area contributed by atoms with Crippen LogP contribution < -0.4 is 0 Å². The molecule has 0 fully saturated rings. The molecule has 0 aliphatic heterocycles. The lowest BCUT2D eigenvalue weighted by atomic mass is 10.1. The normalized spacial score (nSPS) is 14.4. The number of unbranched alkanes of at least 4 members (excludes halogenated alkanes) is 17. The van der Waals surface area contributed by atoms with E-state index in [1.807, 2.05) is 0 Å². The number of phosphoric acid groups is 1. The maximum Gasteiger partial charge on any atom is 0.472 e. The molecular weight excluding hydrogens is 635 g/mol. The number of carbonyl (C=O) groups excluding carboxylic acids is 2. The van der Waals surface area contributed by atoms with Gasteiger partial charge in [-0.2, -0.15) is 0 Å². The van der Waals surface area contributed by atoms with Crippen LogP contribution in [0.5, 0.6) is 0 Å². The average Bonchev–Trinajstić information content (AvgIpc) is 3.07. The molecule has 0 aromatic heterocycles. The SMILES string of the molecule is CCC/C=C\CCCCCCCC(=O)OCC(COP(=O)(O)OCC(O)CO)OC(=O)CCCCCCC/C=C\CCCCCCCC. The molecule has 0 aliphatic rings. The van der Waals surface area contributed by atoms with Gasteiger partial charge in [0.1, 0.15) is 12.7 Å². The minimum Gasteiger partial charge on any atom is -0.462 e. The monoisotopic (exact) mass is 704 g/mol. The number of allylic oxidation sites excluding steroid dienone is 4. The molecule has 0 saturated heterocycles. The van der Waals surface area contributed by atoms with E-state index in [2.05, 4.69) is 42.7 Å². The van der Waals surface area contributed by atoms with E-state index in [-0.39, 0.29) is 19.4 Å². The van der Waals surface area contributed by atoms with Gasteiger partial charge in [0.25, 0.3) is 0 Å². The van der Waals surface area contributed by atoms with E-state index >= 15 is 0 Å². The quantitative estimate of drug-likeness (QED) is 0.0252. The first kappa shape index (κ1) is 46.5. The molecule has 11 heteroatoms. The van der Waals surface area contributed by atoms with E-state index in [4.69, 9.17) is 19.1 Å². The highest BCUT2D eigenvalue weighted by molar-refractivity contribution is 7.47. The summed E-state index contributed by atoms with van der Waals surface area (Å²) in [6.07, 6.45) is 30.1. The van der Waals surface area contributed by atoms with Crippen molar-refractivity contribution in [2.45, 2.75) is 174 Å². The average molecular weight is 705 g/mol. The predicted octanol–water partition coefficient (Wildman–Crippen LogP) is 9.05. The molecule has 0 rings (SSSR count). The van der Waals surface area contributed by atoms with Gasteiger partial charge in [-0.05, 0) is 57.8 Å². The van der Waals surface area contributed by atoms with E-state index in [1.165, 1.54) is 38.5 Å². The molecule has 0 aromatic rings. The molecule has 0 heterocycles. The Morgan fingerprint density at radius 3 is 1.58 bits per heavy atom. The molecular formula is C37H69O10P. The summed E-state index contributed by atoms with van der Waals surface area (Å²) in [5, 5.41) is 18.2. The zero-order valence-electron chi connectivity index (χ0n) is 30.2. The zero-order valence-corrected chi connectivity index (χ0v) is 31.1. The van der Waals surface area contributed by atoms with Gasteiger partial charge in [0.15, 0.2) is 6.10 Å². The molecule has 0 aromatic carbocycles. The van der Waals surface area contributed by atoms with Gasteiger partial charge < -0.3 is 24.6 Å². The number of aliphatic hydroxyl groups excluding tert-OH is 2. The number of phosphoric ester groups is 1. The second-order valence-corrected chi connectivity index (χ2v) is 14.0. The number of ether oxygens (including phenoxy) is 2. The molecule has 0 amide bonds. The van der Waals surface area contributed by atoms with Crippen LogP contribution >= 0.6 is 7.82 Å². The molecule has 3 unspecified atom stereocenters. The van der Waals surface area contributed by atoms with E-state index in [0.717, 1.165) is 83.5 Å². The molecule has 282 valence electrons. The van der Waals surface area contributed by atoms with Gasteiger partial charge in [-0.15, -0.1) is 0 Å². The minimum absolute atomic E-state index is 0.174. The zero-order chi connectivity index (χ0) is 35.6. The van der Waals surface area contributed by atoms with Crippen LogP contribution in [0.25, 0.3) is 0 Å². The fourth-order valence-corrected chi connectivity index (χ4v) is 5.66. The smallest absolute Gasteiger partial charge is 0.462 e. The Morgan fingerprint density at radius 2 is 1.06 bits per heavy atom. The summed E-state index contributed by atoms with van der Waals surface area (Å²) in [4.78, 5) is 34.7. The highest BCUT2D eigenvalue weighted by Gasteiger charge is 2.27. The molecule has 0 spiro atoms.